The highest BCUT2D eigenvalue weighted by molar-refractivity contribution is 5.95. The van der Waals surface area contributed by atoms with Crippen molar-refractivity contribution in [3.05, 3.63) is 71.7 Å². The molecule has 112 valence electrons. The van der Waals surface area contributed by atoms with Gasteiger partial charge >= 0.3 is 5.97 Å². The van der Waals surface area contributed by atoms with Crippen molar-refractivity contribution >= 4 is 16.9 Å². The molecular weight excluding hydrogens is 281 g/mol. The Bertz CT molecular complexity index is 823. The summed E-state index contributed by atoms with van der Waals surface area (Å²) in [6.07, 6.45) is 0. The summed E-state index contributed by atoms with van der Waals surface area (Å²) >= 11 is 0. The minimum atomic E-state index is -0.366. The van der Waals surface area contributed by atoms with E-state index in [2.05, 4.69) is 0 Å². The summed E-state index contributed by atoms with van der Waals surface area (Å²) in [4.78, 5) is 12.2. The second-order valence-electron chi connectivity index (χ2n) is 5.02. The van der Waals surface area contributed by atoms with Crippen molar-refractivity contribution in [1.29, 1.82) is 0 Å². The van der Waals surface area contributed by atoms with Crippen LogP contribution in [0.3, 0.4) is 0 Å². The van der Waals surface area contributed by atoms with E-state index in [0.717, 1.165) is 16.5 Å². The number of nitrogens with zero attached hydrogens (tertiary/aromatic N) is 1. The van der Waals surface area contributed by atoms with Gasteiger partial charge in [-0.25, -0.2) is 9.18 Å². The van der Waals surface area contributed by atoms with Crippen molar-refractivity contribution in [3.63, 3.8) is 0 Å². The molecule has 0 bridgehead atoms. The van der Waals surface area contributed by atoms with Crippen LogP contribution in [0.15, 0.2) is 54.6 Å². The predicted molar refractivity (Wildman–Crippen MR) is 83.4 cm³/mol. The molecule has 1 aromatic heterocycles. The Kier molecular flexibility index (Phi) is 3.92. The Morgan fingerprint density at radius 2 is 1.95 bits per heavy atom. The minimum absolute atomic E-state index is 0.286. The van der Waals surface area contributed by atoms with Gasteiger partial charge in [-0.2, -0.15) is 0 Å². The molecular formula is C18H16FNO2. The van der Waals surface area contributed by atoms with E-state index in [-0.39, 0.29) is 11.8 Å². The first-order chi connectivity index (χ1) is 10.7. The lowest BCUT2D eigenvalue weighted by atomic mass is 10.2. The molecule has 0 saturated heterocycles. The van der Waals surface area contributed by atoms with Gasteiger partial charge < -0.3 is 9.30 Å². The van der Waals surface area contributed by atoms with Gasteiger partial charge in [0.25, 0.3) is 0 Å². The van der Waals surface area contributed by atoms with E-state index in [1.807, 2.05) is 41.0 Å². The van der Waals surface area contributed by atoms with Gasteiger partial charge in [0.05, 0.1) is 6.61 Å². The second kappa shape index (κ2) is 6.02. The molecule has 0 aliphatic rings. The van der Waals surface area contributed by atoms with Gasteiger partial charge in [-0.1, -0.05) is 30.3 Å². The van der Waals surface area contributed by atoms with Crippen molar-refractivity contribution < 1.29 is 13.9 Å². The summed E-state index contributed by atoms with van der Waals surface area (Å²) in [5, 5.41) is 0.960. The molecule has 0 spiro atoms. The maximum Gasteiger partial charge on any atom is 0.354 e. The number of fused-ring (bicyclic) bond motifs is 1. The summed E-state index contributed by atoms with van der Waals surface area (Å²) < 4.78 is 20.4. The lowest BCUT2D eigenvalue weighted by molar-refractivity contribution is 0.0515. The molecule has 0 aliphatic heterocycles. The first-order valence-electron chi connectivity index (χ1n) is 7.19. The van der Waals surface area contributed by atoms with Crippen LogP contribution in [0, 0.1) is 5.82 Å². The fourth-order valence-corrected chi connectivity index (χ4v) is 2.57. The van der Waals surface area contributed by atoms with Gasteiger partial charge in [0, 0.05) is 17.4 Å². The van der Waals surface area contributed by atoms with Crippen LogP contribution < -0.4 is 0 Å². The van der Waals surface area contributed by atoms with Gasteiger partial charge in [-0.15, -0.1) is 0 Å². The number of rotatable bonds is 4. The van der Waals surface area contributed by atoms with Crippen molar-refractivity contribution in [2.24, 2.45) is 0 Å². The Balaban J connectivity index is 2.09. The molecule has 3 rings (SSSR count). The van der Waals surface area contributed by atoms with Gasteiger partial charge in [-0.05, 0) is 36.8 Å². The Hall–Kier alpha value is -2.62. The van der Waals surface area contributed by atoms with E-state index in [1.54, 1.807) is 13.0 Å². The highest BCUT2D eigenvalue weighted by atomic mass is 19.1. The number of halogens is 1. The number of hydrogen-bond donors (Lipinski definition) is 0. The summed E-state index contributed by atoms with van der Waals surface area (Å²) in [6, 6.07) is 15.9. The molecule has 0 saturated carbocycles. The highest BCUT2D eigenvalue weighted by Crippen LogP contribution is 2.22. The molecule has 2 aromatic carbocycles. The van der Waals surface area contributed by atoms with E-state index in [0.29, 0.717) is 18.8 Å². The first-order valence-corrected chi connectivity index (χ1v) is 7.19. The largest absolute Gasteiger partial charge is 0.461 e. The number of ether oxygens (including phenoxy) is 1. The average Bonchev–Trinajstić information content (AvgIpc) is 2.87. The Labute approximate surface area is 127 Å². The molecule has 22 heavy (non-hydrogen) atoms. The van der Waals surface area contributed by atoms with Crippen LogP contribution in [0.4, 0.5) is 4.39 Å². The van der Waals surface area contributed by atoms with Crippen LogP contribution in [0.5, 0.6) is 0 Å². The number of carbonyl (C=O) groups excluding carboxylic acids is 1. The quantitative estimate of drug-likeness (QED) is 0.681. The van der Waals surface area contributed by atoms with Crippen LogP contribution in [0.1, 0.15) is 23.0 Å². The van der Waals surface area contributed by atoms with Crippen molar-refractivity contribution in [1.82, 2.24) is 4.57 Å². The second-order valence-corrected chi connectivity index (χ2v) is 5.02. The lowest BCUT2D eigenvalue weighted by Gasteiger charge is -2.10. The minimum Gasteiger partial charge on any atom is -0.461 e. The molecule has 4 heteroatoms. The smallest absolute Gasteiger partial charge is 0.354 e. The van der Waals surface area contributed by atoms with Gasteiger partial charge in [0.2, 0.25) is 0 Å². The van der Waals surface area contributed by atoms with E-state index in [1.165, 1.54) is 12.1 Å². The topological polar surface area (TPSA) is 31.2 Å². The normalized spacial score (nSPS) is 10.8. The third-order valence-corrected chi connectivity index (χ3v) is 3.52. The molecule has 0 amide bonds. The van der Waals surface area contributed by atoms with E-state index in [4.69, 9.17) is 4.74 Å². The fraction of sp³-hybridized carbons (Fsp3) is 0.167. The summed E-state index contributed by atoms with van der Waals surface area (Å²) in [7, 11) is 0. The fourth-order valence-electron chi connectivity index (χ4n) is 2.57. The van der Waals surface area contributed by atoms with Crippen molar-refractivity contribution in [3.8, 4) is 0 Å². The zero-order chi connectivity index (χ0) is 15.5. The number of hydrogen-bond acceptors (Lipinski definition) is 2. The maximum atomic E-state index is 13.4. The van der Waals surface area contributed by atoms with E-state index in [9.17, 15) is 9.18 Å². The summed E-state index contributed by atoms with van der Waals surface area (Å²) in [6.45, 7) is 2.51. The maximum absolute atomic E-state index is 13.4. The standard InChI is InChI=1S/C18H16FNO2/c1-2-22-18(21)17-11-14-7-3-4-9-16(14)20(17)12-13-6-5-8-15(19)10-13/h3-11H,2,12H2,1H3. The SMILES string of the molecule is CCOC(=O)c1cc2ccccc2n1Cc1cccc(F)c1. The zero-order valence-electron chi connectivity index (χ0n) is 12.3. The molecule has 0 aliphatic carbocycles. The Morgan fingerprint density at radius 1 is 1.14 bits per heavy atom. The molecule has 0 radical (unpaired) electrons. The number of esters is 1. The third kappa shape index (κ3) is 2.72. The Morgan fingerprint density at radius 3 is 2.73 bits per heavy atom. The highest BCUT2D eigenvalue weighted by Gasteiger charge is 2.16. The number of carbonyl (C=O) groups is 1. The van der Waals surface area contributed by atoms with Crippen LogP contribution >= 0.6 is 0 Å². The van der Waals surface area contributed by atoms with Crippen LogP contribution in [0.2, 0.25) is 0 Å². The zero-order valence-corrected chi connectivity index (χ0v) is 12.3. The van der Waals surface area contributed by atoms with Crippen LogP contribution in [-0.2, 0) is 11.3 Å². The first kappa shape index (κ1) is 14.3. The van der Waals surface area contributed by atoms with Crippen LogP contribution in [-0.4, -0.2) is 17.1 Å². The lowest BCUT2D eigenvalue weighted by Crippen LogP contribution is -2.12. The third-order valence-electron chi connectivity index (χ3n) is 3.52. The summed E-state index contributed by atoms with van der Waals surface area (Å²) in [5.74, 6) is -0.651. The number of aromatic nitrogens is 1. The monoisotopic (exact) mass is 297 g/mol. The van der Waals surface area contributed by atoms with E-state index < -0.39 is 0 Å². The molecule has 0 fully saturated rings. The molecule has 1 heterocycles. The number of benzene rings is 2. The van der Waals surface area contributed by atoms with Crippen molar-refractivity contribution in [2.75, 3.05) is 6.61 Å². The van der Waals surface area contributed by atoms with Crippen molar-refractivity contribution in [2.45, 2.75) is 13.5 Å². The molecule has 0 unspecified atom stereocenters. The van der Waals surface area contributed by atoms with Crippen LogP contribution in [0.25, 0.3) is 10.9 Å². The predicted octanol–water partition coefficient (Wildman–Crippen LogP) is 4.01. The average molecular weight is 297 g/mol. The molecule has 3 nitrogen and oxygen atoms in total. The van der Waals surface area contributed by atoms with Gasteiger partial charge in [-0.3, -0.25) is 0 Å². The van der Waals surface area contributed by atoms with Gasteiger partial charge in [0.15, 0.2) is 0 Å². The van der Waals surface area contributed by atoms with Gasteiger partial charge in [0.1, 0.15) is 11.5 Å². The van der Waals surface area contributed by atoms with E-state index >= 15 is 0 Å². The molecule has 0 N–H and O–H groups in total. The molecule has 0 atom stereocenters. The number of para-hydroxylation sites is 1. The molecule has 3 aromatic rings. The summed E-state index contributed by atoms with van der Waals surface area (Å²) in [5.41, 5.74) is 2.20.